The van der Waals surface area contributed by atoms with E-state index >= 15 is 0 Å². The van der Waals surface area contributed by atoms with Crippen LogP contribution < -0.4 is 4.74 Å². The minimum atomic E-state index is 0.00369. The summed E-state index contributed by atoms with van der Waals surface area (Å²) in [6, 6.07) is 38.5. The van der Waals surface area contributed by atoms with Crippen molar-refractivity contribution in [2.75, 3.05) is 0 Å². The van der Waals surface area contributed by atoms with Crippen molar-refractivity contribution in [3.63, 3.8) is 0 Å². The third-order valence-corrected chi connectivity index (χ3v) is 8.35. The number of aromatic nitrogens is 1. The number of fused-ring (bicyclic) bond motifs is 9. The number of nitrogens with zero attached hydrogens (tertiary/aromatic N) is 1. The normalized spacial score (nSPS) is 18.0. The highest BCUT2D eigenvalue weighted by atomic mass is 16.5. The van der Waals surface area contributed by atoms with Crippen LogP contribution in [0.2, 0.25) is 0 Å². The third kappa shape index (κ3) is 2.93. The summed E-state index contributed by atoms with van der Waals surface area (Å²) in [6.07, 6.45) is 6.81. The van der Waals surface area contributed by atoms with E-state index in [0.717, 1.165) is 33.4 Å². The first kappa shape index (κ1) is 21.0. The molecule has 2 atom stereocenters. The van der Waals surface area contributed by atoms with Gasteiger partial charge in [-0.1, -0.05) is 78.9 Å². The van der Waals surface area contributed by atoms with E-state index in [0.29, 0.717) is 0 Å². The molecule has 3 heteroatoms. The van der Waals surface area contributed by atoms with Crippen molar-refractivity contribution < 1.29 is 9.15 Å². The SMILES string of the molecule is C1=CC2c3ccccc3OC2C=C1c1cccc2oc3ccc(-n4c5ccccc5c5ccccc54)cc3c12. The molecule has 0 saturated heterocycles. The fraction of sp³-hybridized carbons (Fsp3) is 0.0556. The maximum absolute atomic E-state index is 6.38. The average Bonchev–Trinajstić information content (AvgIpc) is 3.65. The Labute approximate surface area is 224 Å². The molecule has 3 nitrogen and oxygen atoms in total. The molecule has 0 radical (unpaired) electrons. The second-order valence-electron chi connectivity index (χ2n) is 10.5. The molecular formula is C36H23NO2. The largest absolute Gasteiger partial charge is 0.485 e. The smallest absolute Gasteiger partial charge is 0.136 e. The molecule has 184 valence electrons. The van der Waals surface area contributed by atoms with Gasteiger partial charge in [-0.15, -0.1) is 0 Å². The lowest BCUT2D eigenvalue weighted by Gasteiger charge is -2.19. The second kappa shape index (κ2) is 7.75. The van der Waals surface area contributed by atoms with E-state index in [2.05, 4.69) is 126 Å². The molecule has 2 unspecified atom stereocenters. The van der Waals surface area contributed by atoms with Gasteiger partial charge in [0.1, 0.15) is 23.0 Å². The number of hydrogen-bond acceptors (Lipinski definition) is 2. The van der Waals surface area contributed by atoms with Gasteiger partial charge in [-0.25, -0.2) is 0 Å². The van der Waals surface area contributed by atoms with Crippen LogP contribution in [0.3, 0.4) is 0 Å². The van der Waals surface area contributed by atoms with Crippen LogP contribution in [0.15, 0.2) is 132 Å². The zero-order chi connectivity index (χ0) is 25.5. The summed E-state index contributed by atoms with van der Waals surface area (Å²) in [6.45, 7) is 0. The molecular weight excluding hydrogens is 478 g/mol. The molecule has 0 spiro atoms. The Morgan fingerprint density at radius 1 is 0.641 bits per heavy atom. The topological polar surface area (TPSA) is 27.3 Å². The molecule has 0 amide bonds. The average molecular weight is 502 g/mol. The monoisotopic (exact) mass is 501 g/mol. The molecule has 1 aliphatic carbocycles. The molecule has 0 N–H and O–H groups in total. The molecule has 1 aliphatic heterocycles. The van der Waals surface area contributed by atoms with Gasteiger partial charge in [0.15, 0.2) is 0 Å². The standard InChI is InChI=1S/C36H23NO2/c1-4-12-30-25(8-1)26-9-2-5-13-31(26)37(30)23-17-19-33-29(21-23)36-24(11-7-15-34(36)38-33)22-16-18-28-27-10-3-6-14-32(27)39-35(28)20-22/h1-21,28,35H. The number of furan rings is 1. The summed E-state index contributed by atoms with van der Waals surface area (Å²) in [4.78, 5) is 0. The van der Waals surface area contributed by atoms with Crippen LogP contribution in [0.4, 0.5) is 0 Å². The minimum absolute atomic E-state index is 0.00369. The van der Waals surface area contributed by atoms with Crippen molar-refractivity contribution in [3.05, 3.63) is 139 Å². The minimum Gasteiger partial charge on any atom is -0.485 e. The third-order valence-electron chi connectivity index (χ3n) is 8.35. The van der Waals surface area contributed by atoms with Gasteiger partial charge in [0, 0.05) is 38.7 Å². The summed E-state index contributed by atoms with van der Waals surface area (Å²) < 4.78 is 15.1. The van der Waals surface area contributed by atoms with Gasteiger partial charge >= 0.3 is 0 Å². The van der Waals surface area contributed by atoms with E-state index in [1.807, 2.05) is 6.07 Å². The van der Waals surface area contributed by atoms with Gasteiger partial charge < -0.3 is 13.7 Å². The van der Waals surface area contributed by atoms with Crippen LogP contribution in [-0.2, 0) is 0 Å². The van der Waals surface area contributed by atoms with E-state index in [4.69, 9.17) is 9.15 Å². The van der Waals surface area contributed by atoms with Crippen molar-refractivity contribution in [1.82, 2.24) is 4.57 Å². The highest BCUT2D eigenvalue weighted by Crippen LogP contribution is 2.45. The van der Waals surface area contributed by atoms with Crippen LogP contribution in [0.1, 0.15) is 17.0 Å². The summed E-state index contributed by atoms with van der Waals surface area (Å²) in [5.41, 5.74) is 8.91. The van der Waals surface area contributed by atoms with Gasteiger partial charge in [0.25, 0.3) is 0 Å². The summed E-state index contributed by atoms with van der Waals surface area (Å²) >= 11 is 0. The molecule has 2 aliphatic rings. The lowest BCUT2D eigenvalue weighted by Crippen LogP contribution is -2.17. The Morgan fingerprint density at radius 2 is 1.41 bits per heavy atom. The first-order valence-electron chi connectivity index (χ1n) is 13.4. The van der Waals surface area contributed by atoms with Gasteiger partial charge in [0.05, 0.1) is 11.0 Å². The molecule has 7 aromatic rings. The van der Waals surface area contributed by atoms with Gasteiger partial charge in [0.2, 0.25) is 0 Å². The van der Waals surface area contributed by atoms with Crippen molar-refractivity contribution in [1.29, 1.82) is 0 Å². The van der Waals surface area contributed by atoms with E-state index in [1.165, 1.54) is 38.5 Å². The number of para-hydroxylation sites is 3. The Bertz CT molecular complexity index is 2120. The van der Waals surface area contributed by atoms with Crippen molar-refractivity contribution in [3.8, 4) is 11.4 Å². The van der Waals surface area contributed by atoms with Crippen molar-refractivity contribution in [2.24, 2.45) is 0 Å². The molecule has 5 aromatic carbocycles. The van der Waals surface area contributed by atoms with Gasteiger partial charge in [-0.2, -0.15) is 0 Å². The number of rotatable bonds is 2. The number of ether oxygens (including phenoxy) is 1. The van der Waals surface area contributed by atoms with E-state index in [-0.39, 0.29) is 12.0 Å². The van der Waals surface area contributed by atoms with Crippen molar-refractivity contribution >= 4 is 49.3 Å². The van der Waals surface area contributed by atoms with Crippen LogP contribution in [0.5, 0.6) is 5.75 Å². The Balaban J connectivity index is 1.25. The molecule has 0 bridgehead atoms. The van der Waals surface area contributed by atoms with Crippen molar-refractivity contribution in [2.45, 2.75) is 12.0 Å². The maximum atomic E-state index is 6.38. The van der Waals surface area contributed by atoms with Gasteiger partial charge in [-0.05, 0) is 59.7 Å². The lowest BCUT2D eigenvalue weighted by atomic mass is 9.86. The molecule has 39 heavy (non-hydrogen) atoms. The summed E-state index contributed by atoms with van der Waals surface area (Å²) in [5.74, 6) is 1.24. The summed E-state index contributed by atoms with van der Waals surface area (Å²) in [5, 5.41) is 4.78. The zero-order valence-corrected chi connectivity index (χ0v) is 21.0. The van der Waals surface area contributed by atoms with Crippen LogP contribution >= 0.6 is 0 Å². The molecule has 3 heterocycles. The Kier molecular flexibility index (Phi) is 4.17. The first-order valence-corrected chi connectivity index (χ1v) is 13.4. The molecule has 0 fully saturated rings. The number of allylic oxidation sites excluding steroid dienone is 2. The molecule has 0 saturated carbocycles. The van der Waals surface area contributed by atoms with Gasteiger partial charge in [-0.3, -0.25) is 0 Å². The van der Waals surface area contributed by atoms with E-state index in [9.17, 15) is 0 Å². The lowest BCUT2D eigenvalue weighted by molar-refractivity contribution is 0.269. The van der Waals surface area contributed by atoms with Crippen LogP contribution in [0.25, 0.3) is 55.0 Å². The Hall–Kier alpha value is -5.02. The quantitative estimate of drug-likeness (QED) is 0.236. The fourth-order valence-electron chi connectivity index (χ4n) is 6.63. The van der Waals surface area contributed by atoms with E-state index < -0.39 is 0 Å². The predicted octanol–water partition coefficient (Wildman–Crippen LogP) is 9.18. The zero-order valence-electron chi connectivity index (χ0n) is 21.0. The fourth-order valence-corrected chi connectivity index (χ4v) is 6.63. The predicted molar refractivity (Wildman–Crippen MR) is 159 cm³/mol. The first-order chi connectivity index (χ1) is 19.3. The second-order valence-corrected chi connectivity index (χ2v) is 10.5. The molecule has 2 aromatic heterocycles. The molecule has 9 rings (SSSR count). The highest BCUT2D eigenvalue weighted by Gasteiger charge is 2.33. The Morgan fingerprint density at radius 3 is 2.26 bits per heavy atom. The van der Waals surface area contributed by atoms with Crippen LogP contribution in [0, 0.1) is 0 Å². The van der Waals surface area contributed by atoms with Crippen LogP contribution in [-0.4, -0.2) is 10.7 Å². The summed E-state index contributed by atoms with van der Waals surface area (Å²) in [7, 11) is 0. The highest BCUT2D eigenvalue weighted by molar-refractivity contribution is 6.13. The number of benzene rings is 5. The maximum Gasteiger partial charge on any atom is 0.136 e. The van der Waals surface area contributed by atoms with E-state index in [1.54, 1.807) is 0 Å². The number of hydrogen-bond donors (Lipinski definition) is 0.